The summed E-state index contributed by atoms with van der Waals surface area (Å²) in [7, 11) is 0. The van der Waals surface area contributed by atoms with E-state index in [0.29, 0.717) is 11.7 Å². The van der Waals surface area contributed by atoms with Crippen LogP contribution in [0.15, 0.2) is 42.5 Å². The Bertz CT molecular complexity index is 562. The van der Waals surface area contributed by atoms with Crippen molar-refractivity contribution in [1.82, 2.24) is 0 Å². The first-order chi connectivity index (χ1) is 9.60. The monoisotopic (exact) mass is 274 g/mol. The summed E-state index contributed by atoms with van der Waals surface area (Å²) >= 11 is 0. The molecule has 0 fully saturated rings. The Morgan fingerprint density at radius 2 is 1.75 bits per heavy atom. The molecule has 0 radical (unpaired) electrons. The van der Waals surface area contributed by atoms with Crippen LogP contribution in [0.1, 0.15) is 25.3 Å². The minimum absolute atomic E-state index is 0.0884. The Balaban J connectivity index is 2.29. The average molecular weight is 274 g/mol. The quantitative estimate of drug-likeness (QED) is 0.893. The van der Waals surface area contributed by atoms with Gasteiger partial charge >= 0.3 is 0 Å². The third kappa shape index (κ3) is 3.58. The molecular weight excluding hydrogens is 255 g/mol. The molecule has 0 unspecified atom stereocenters. The van der Waals surface area contributed by atoms with Gasteiger partial charge in [0.1, 0.15) is 18.2 Å². The molecule has 106 valence electrons. The molecule has 20 heavy (non-hydrogen) atoms. The maximum atomic E-state index is 13.6. The molecular formula is C17H19FO2. The molecule has 2 aromatic carbocycles. The number of rotatable bonds is 5. The van der Waals surface area contributed by atoms with Gasteiger partial charge in [-0.1, -0.05) is 38.1 Å². The summed E-state index contributed by atoms with van der Waals surface area (Å²) in [6, 6.07) is 12.7. The van der Waals surface area contributed by atoms with E-state index >= 15 is 0 Å². The number of aliphatic hydroxyl groups excluding tert-OH is 1. The fourth-order valence-electron chi connectivity index (χ4n) is 2.04. The topological polar surface area (TPSA) is 29.5 Å². The summed E-state index contributed by atoms with van der Waals surface area (Å²) in [5, 5.41) is 8.75. The van der Waals surface area contributed by atoms with E-state index in [4.69, 9.17) is 9.84 Å². The third-order valence-corrected chi connectivity index (χ3v) is 3.14. The average Bonchev–Trinajstić information content (AvgIpc) is 2.44. The molecule has 2 rings (SSSR count). The van der Waals surface area contributed by atoms with Crippen molar-refractivity contribution in [2.45, 2.75) is 19.8 Å². The van der Waals surface area contributed by atoms with E-state index in [1.807, 2.05) is 12.1 Å². The number of ether oxygens (including phenoxy) is 1. The van der Waals surface area contributed by atoms with Crippen LogP contribution in [0.5, 0.6) is 5.75 Å². The fourth-order valence-corrected chi connectivity index (χ4v) is 2.04. The molecule has 0 atom stereocenters. The van der Waals surface area contributed by atoms with Gasteiger partial charge in [0.2, 0.25) is 0 Å². The lowest BCUT2D eigenvalue weighted by Gasteiger charge is -2.10. The van der Waals surface area contributed by atoms with Crippen molar-refractivity contribution in [3.63, 3.8) is 0 Å². The third-order valence-electron chi connectivity index (χ3n) is 3.14. The first-order valence-electron chi connectivity index (χ1n) is 6.74. The first-order valence-corrected chi connectivity index (χ1v) is 6.74. The second kappa shape index (κ2) is 6.53. The van der Waals surface area contributed by atoms with E-state index < -0.39 is 0 Å². The number of aliphatic hydroxyl groups is 1. The molecule has 0 aliphatic rings. The van der Waals surface area contributed by atoms with Crippen molar-refractivity contribution in [1.29, 1.82) is 0 Å². The van der Waals surface area contributed by atoms with Gasteiger partial charge in [0.15, 0.2) is 0 Å². The van der Waals surface area contributed by atoms with Crippen LogP contribution >= 0.6 is 0 Å². The molecule has 0 aliphatic carbocycles. The van der Waals surface area contributed by atoms with E-state index in [1.54, 1.807) is 6.07 Å². The summed E-state index contributed by atoms with van der Waals surface area (Å²) in [4.78, 5) is 0. The molecule has 0 saturated carbocycles. The van der Waals surface area contributed by atoms with Crippen molar-refractivity contribution >= 4 is 0 Å². The van der Waals surface area contributed by atoms with Crippen LogP contribution in [0.4, 0.5) is 4.39 Å². The standard InChI is InChI=1S/C17H19FO2/c1-12(2)13-3-5-14(6-4-13)15-9-16(18)11-17(10-15)20-8-7-19/h3-6,9-12,19H,7-8H2,1-2H3. The number of hydrogen-bond donors (Lipinski definition) is 1. The van der Waals surface area contributed by atoms with Gasteiger partial charge in [-0.3, -0.25) is 0 Å². The number of hydrogen-bond acceptors (Lipinski definition) is 2. The molecule has 0 saturated heterocycles. The maximum absolute atomic E-state index is 13.6. The smallest absolute Gasteiger partial charge is 0.127 e. The van der Waals surface area contributed by atoms with Crippen LogP contribution in [0.25, 0.3) is 11.1 Å². The van der Waals surface area contributed by atoms with Gasteiger partial charge in [-0.25, -0.2) is 4.39 Å². The zero-order valence-electron chi connectivity index (χ0n) is 11.8. The lowest BCUT2D eigenvalue weighted by atomic mass is 9.98. The van der Waals surface area contributed by atoms with Crippen LogP contribution in [-0.2, 0) is 0 Å². The van der Waals surface area contributed by atoms with Gasteiger partial charge in [-0.2, -0.15) is 0 Å². The Kier molecular flexibility index (Phi) is 4.74. The predicted molar refractivity (Wildman–Crippen MR) is 78.5 cm³/mol. The van der Waals surface area contributed by atoms with Gasteiger partial charge < -0.3 is 9.84 Å². The van der Waals surface area contributed by atoms with Crippen LogP contribution in [0.3, 0.4) is 0 Å². The zero-order chi connectivity index (χ0) is 14.5. The summed E-state index contributed by atoms with van der Waals surface area (Å²) in [5.41, 5.74) is 2.97. The molecule has 2 nitrogen and oxygen atoms in total. The molecule has 0 aliphatic heterocycles. The van der Waals surface area contributed by atoms with E-state index in [2.05, 4.69) is 26.0 Å². The second-order valence-electron chi connectivity index (χ2n) is 5.02. The van der Waals surface area contributed by atoms with Gasteiger partial charge in [0.25, 0.3) is 0 Å². The fraction of sp³-hybridized carbons (Fsp3) is 0.294. The SMILES string of the molecule is CC(C)c1ccc(-c2cc(F)cc(OCCO)c2)cc1. The normalized spacial score (nSPS) is 10.8. The highest BCUT2D eigenvalue weighted by atomic mass is 19.1. The molecule has 0 amide bonds. The molecule has 0 spiro atoms. The van der Waals surface area contributed by atoms with Crippen molar-refractivity contribution in [3.8, 4) is 16.9 Å². The highest BCUT2D eigenvalue weighted by molar-refractivity contribution is 5.65. The number of benzene rings is 2. The highest BCUT2D eigenvalue weighted by Crippen LogP contribution is 2.27. The summed E-state index contributed by atoms with van der Waals surface area (Å²) in [6.45, 7) is 4.35. The van der Waals surface area contributed by atoms with Gasteiger partial charge in [-0.05, 0) is 34.7 Å². The molecule has 0 heterocycles. The van der Waals surface area contributed by atoms with Crippen molar-refractivity contribution < 1.29 is 14.2 Å². The molecule has 2 aromatic rings. The van der Waals surface area contributed by atoms with Crippen LogP contribution in [-0.4, -0.2) is 18.3 Å². The predicted octanol–water partition coefficient (Wildman–Crippen LogP) is 3.99. The Hall–Kier alpha value is -1.87. The van der Waals surface area contributed by atoms with Crippen molar-refractivity contribution in [3.05, 3.63) is 53.8 Å². The zero-order valence-corrected chi connectivity index (χ0v) is 11.8. The molecule has 0 aromatic heterocycles. The summed E-state index contributed by atoms with van der Waals surface area (Å²) in [5.74, 6) is 0.561. The first kappa shape index (κ1) is 14.5. The van der Waals surface area contributed by atoms with Crippen molar-refractivity contribution in [2.75, 3.05) is 13.2 Å². The second-order valence-corrected chi connectivity index (χ2v) is 5.02. The Morgan fingerprint density at radius 1 is 1.05 bits per heavy atom. The molecule has 0 bridgehead atoms. The largest absolute Gasteiger partial charge is 0.491 e. The molecule has 1 N–H and O–H groups in total. The van der Waals surface area contributed by atoms with E-state index in [0.717, 1.165) is 11.1 Å². The lowest BCUT2D eigenvalue weighted by molar-refractivity contribution is 0.201. The molecule has 3 heteroatoms. The van der Waals surface area contributed by atoms with Crippen molar-refractivity contribution in [2.24, 2.45) is 0 Å². The van der Waals surface area contributed by atoms with Gasteiger partial charge in [0, 0.05) is 6.07 Å². The summed E-state index contributed by atoms with van der Waals surface area (Å²) in [6.07, 6.45) is 0. The van der Waals surface area contributed by atoms with Crippen LogP contribution in [0.2, 0.25) is 0 Å². The Labute approximate surface area is 118 Å². The van der Waals surface area contributed by atoms with Gasteiger partial charge in [0.05, 0.1) is 6.61 Å². The van der Waals surface area contributed by atoms with E-state index in [9.17, 15) is 4.39 Å². The highest BCUT2D eigenvalue weighted by Gasteiger charge is 2.05. The van der Waals surface area contributed by atoms with E-state index in [-0.39, 0.29) is 19.0 Å². The van der Waals surface area contributed by atoms with Crippen LogP contribution in [0, 0.1) is 5.82 Å². The minimum Gasteiger partial charge on any atom is -0.491 e. The lowest BCUT2D eigenvalue weighted by Crippen LogP contribution is -2.02. The maximum Gasteiger partial charge on any atom is 0.127 e. The minimum atomic E-state index is -0.344. The number of halogens is 1. The Morgan fingerprint density at radius 3 is 2.35 bits per heavy atom. The van der Waals surface area contributed by atoms with Crippen LogP contribution < -0.4 is 4.74 Å². The van der Waals surface area contributed by atoms with Gasteiger partial charge in [-0.15, -0.1) is 0 Å². The summed E-state index contributed by atoms with van der Waals surface area (Å²) < 4.78 is 18.9. The van der Waals surface area contributed by atoms with E-state index in [1.165, 1.54) is 17.7 Å².